The SMILES string of the molecule is O=c1c2ccsc2ncn1Cc1nc2cc(Cl)ccc2n1Cc1ccccc1. The fourth-order valence-corrected chi connectivity index (χ4v) is 4.26. The Kier molecular flexibility index (Phi) is 4.22. The number of fused-ring (bicyclic) bond motifs is 2. The van der Waals surface area contributed by atoms with Crippen molar-refractivity contribution in [3.8, 4) is 0 Å². The van der Waals surface area contributed by atoms with Gasteiger partial charge in [-0.1, -0.05) is 41.9 Å². The van der Waals surface area contributed by atoms with E-state index in [1.54, 1.807) is 10.9 Å². The minimum atomic E-state index is -0.0531. The molecule has 0 aliphatic heterocycles. The first kappa shape index (κ1) is 17.2. The van der Waals surface area contributed by atoms with Gasteiger partial charge < -0.3 is 4.57 Å². The monoisotopic (exact) mass is 406 g/mol. The summed E-state index contributed by atoms with van der Waals surface area (Å²) < 4.78 is 3.74. The van der Waals surface area contributed by atoms with Crippen molar-refractivity contribution in [1.29, 1.82) is 0 Å². The second-order valence-electron chi connectivity index (χ2n) is 6.55. The molecule has 0 bridgehead atoms. The maximum Gasteiger partial charge on any atom is 0.262 e. The third-order valence-electron chi connectivity index (χ3n) is 4.74. The van der Waals surface area contributed by atoms with Gasteiger partial charge in [-0.2, -0.15) is 0 Å². The second kappa shape index (κ2) is 6.89. The van der Waals surface area contributed by atoms with Gasteiger partial charge >= 0.3 is 0 Å². The van der Waals surface area contributed by atoms with E-state index in [9.17, 15) is 4.79 Å². The van der Waals surface area contributed by atoms with Crippen LogP contribution in [-0.4, -0.2) is 19.1 Å². The normalized spacial score (nSPS) is 11.5. The van der Waals surface area contributed by atoms with Gasteiger partial charge in [0, 0.05) is 11.6 Å². The molecule has 3 aromatic heterocycles. The lowest BCUT2D eigenvalue weighted by Gasteiger charge is -2.11. The minimum absolute atomic E-state index is 0.0531. The van der Waals surface area contributed by atoms with Crippen LogP contribution in [0.4, 0.5) is 0 Å². The van der Waals surface area contributed by atoms with Crippen molar-refractivity contribution in [1.82, 2.24) is 19.1 Å². The van der Waals surface area contributed by atoms with Crippen molar-refractivity contribution in [3.63, 3.8) is 0 Å². The smallest absolute Gasteiger partial charge is 0.262 e. The van der Waals surface area contributed by atoms with Gasteiger partial charge in [0.15, 0.2) is 0 Å². The highest BCUT2D eigenvalue weighted by Gasteiger charge is 2.14. The Morgan fingerprint density at radius 2 is 1.89 bits per heavy atom. The molecular formula is C21H15ClN4OS. The van der Waals surface area contributed by atoms with Gasteiger partial charge in [0.05, 0.1) is 29.3 Å². The highest BCUT2D eigenvalue weighted by Crippen LogP contribution is 2.22. The van der Waals surface area contributed by atoms with Gasteiger partial charge in [0.2, 0.25) is 0 Å². The van der Waals surface area contributed by atoms with Crippen molar-refractivity contribution in [2.24, 2.45) is 0 Å². The maximum atomic E-state index is 12.8. The first-order valence-corrected chi connectivity index (χ1v) is 10.1. The summed E-state index contributed by atoms with van der Waals surface area (Å²) in [7, 11) is 0. The number of imidazole rings is 1. The van der Waals surface area contributed by atoms with Crippen LogP contribution in [0.25, 0.3) is 21.3 Å². The zero-order valence-corrected chi connectivity index (χ0v) is 16.3. The summed E-state index contributed by atoms with van der Waals surface area (Å²) in [5, 5.41) is 3.17. The average molecular weight is 407 g/mol. The van der Waals surface area contributed by atoms with Gasteiger partial charge in [-0.15, -0.1) is 11.3 Å². The molecule has 0 saturated carbocycles. The fourth-order valence-electron chi connectivity index (χ4n) is 3.37. The summed E-state index contributed by atoms with van der Waals surface area (Å²) in [6, 6.07) is 17.7. The highest BCUT2D eigenvalue weighted by atomic mass is 35.5. The quantitative estimate of drug-likeness (QED) is 0.439. The molecular weight excluding hydrogens is 392 g/mol. The molecule has 0 atom stereocenters. The maximum absolute atomic E-state index is 12.8. The van der Waals surface area contributed by atoms with Crippen LogP contribution in [0.1, 0.15) is 11.4 Å². The molecule has 0 N–H and O–H groups in total. The van der Waals surface area contributed by atoms with E-state index in [1.807, 2.05) is 47.8 Å². The second-order valence-corrected chi connectivity index (χ2v) is 7.88. The molecule has 28 heavy (non-hydrogen) atoms. The van der Waals surface area contributed by atoms with Crippen molar-refractivity contribution in [2.45, 2.75) is 13.1 Å². The predicted octanol–water partition coefficient (Wildman–Crippen LogP) is 4.56. The third kappa shape index (κ3) is 3.00. The predicted molar refractivity (Wildman–Crippen MR) is 113 cm³/mol. The number of aromatic nitrogens is 4. The Hall–Kier alpha value is -2.96. The van der Waals surface area contributed by atoms with Crippen LogP contribution >= 0.6 is 22.9 Å². The van der Waals surface area contributed by atoms with E-state index >= 15 is 0 Å². The number of rotatable bonds is 4. The van der Waals surface area contributed by atoms with E-state index in [-0.39, 0.29) is 5.56 Å². The Bertz CT molecular complexity index is 1350. The Balaban J connectivity index is 1.64. The van der Waals surface area contributed by atoms with E-state index in [4.69, 9.17) is 16.6 Å². The molecule has 0 saturated heterocycles. The molecule has 0 fully saturated rings. The standard InChI is InChI=1S/C21H15ClN4OS/c22-15-6-7-18-17(10-15)24-19(26(18)11-14-4-2-1-3-5-14)12-25-13-23-20-16(21(25)27)8-9-28-20/h1-10,13H,11-12H2. The van der Waals surface area contributed by atoms with Gasteiger partial charge in [0.25, 0.3) is 5.56 Å². The average Bonchev–Trinajstić information content (AvgIpc) is 3.30. The Morgan fingerprint density at radius 1 is 1.04 bits per heavy atom. The lowest BCUT2D eigenvalue weighted by Crippen LogP contribution is -2.22. The summed E-state index contributed by atoms with van der Waals surface area (Å²) >= 11 is 7.63. The number of thiophene rings is 1. The summed E-state index contributed by atoms with van der Waals surface area (Å²) in [4.78, 5) is 22.7. The largest absolute Gasteiger partial charge is 0.322 e. The van der Waals surface area contributed by atoms with Crippen LogP contribution in [0.3, 0.4) is 0 Å². The molecule has 0 unspecified atom stereocenters. The van der Waals surface area contributed by atoms with Crippen LogP contribution in [0.2, 0.25) is 5.02 Å². The van der Waals surface area contributed by atoms with Crippen molar-refractivity contribution in [2.75, 3.05) is 0 Å². The third-order valence-corrected chi connectivity index (χ3v) is 5.79. The molecule has 138 valence electrons. The zero-order valence-electron chi connectivity index (χ0n) is 14.7. The van der Waals surface area contributed by atoms with Gasteiger partial charge in [-0.05, 0) is 35.2 Å². The van der Waals surface area contributed by atoms with E-state index in [0.717, 1.165) is 27.3 Å². The van der Waals surface area contributed by atoms with Crippen molar-refractivity contribution in [3.05, 3.63) is 93.1 Å². The van der Waals surface area contributed by atoms with Crippen LogP contribution in [0.15, 0.2) is 71.1 Å². The van der Waals surface area contributed by atoms with E-state index < -0.39 is 0 Å². The minimum Gasteiger partial charge on any atom is -0.322 e. The summed E-state index contributed by atoms with van der Waals surface area (Å²) in [5.41, 5.74) is 2.91. The van der Waals surface area contributed by atoms with Crippen LogP contribution in [0.5, 0.6) is 0 Å². The molecule has 5 rings (SSSR count). The molecule has 7 heteroatoms. The lowest BCUT2D eigenvalue weighted by molar-refractivity contribution is 0.657. The number of hydrogen-bond acceptors (Lipinski definition) is 4. The summed E-state index contributed by atoms with van der Waals surface area (Å²) in [6.45, 7) is 1.01. The zero-order chi connectivity index (χ0) is 19.1. The van der Waals surface area contributed by atoms with Crippen LogP contribution < -0.4 is 5.56 Å². The molecule has 0 amide bonds. The van der Waals surface area contributed by atoms with Crippen LogP contribution in [-0.2, 0) is 13.1 Å². The molecule has 3 heterocycles. The number of benzene rings is 2. The van der Waals surface area contributed by atoms with Gasteiger partial charge in [-0.3, -0.25) is 9.36 Å². The van der Waals surface area contributed by atoms with Crippen LogP contribution in [0, 0.1) is 0 Å². The molecule has 0 radical (unpaired) electrons. The molecule has 0 spiro atoms. The van der Waals surface area contributed by atoms with Crippen molar-refractivity contribution >= 4 is 44.2 Å². The number of halogens is 1. The topological polar surface area (TPSA) is 52.7 Å². The summed E-state index contributed by atoms with van der Waals surface area (Å²) in [5.74, 6) is 0.791. The van der Waals surface area contributed by atoms with E-state index in [1.165, 1.54) is 11.3 Å². The van der Waals surface area contributed by atoms with E-state index in [2.05, 4.69) is 21.7 Å². The summed E-state index contributed by atoms with van der Waals surface area (Å²) in [6.07, 6.45) is 1.60. The molecule has 0 aliphatic rings. The Labute approximate surface area is 169 Å². The molecule has 2 aromatic carbocycles. The molecule has 0 aliphatic carbocycles. The van der Waals surface area contributed by atoms with Crippen molar-refractivity contribution < 1.29 is 0 Å². The van der Waals surface area contributed by atoms with Gasteiger partial charge in [-0.25, -0.2) is 9.97 Å². The molecule has 5 aromatic rings. The fraction of sp³-hybridized carbons (Fsp3) is 0.0952. The highest BCUT2D eigenvalue weighted by molar-refractivity contribution is 7.16. The Morgan fingerprint density at radius 3 is 2.75 bits per heavy atom. The number of nitrogens with zero attached hydrogens (tertiary/aromatic N) is 4. The number of hydrogen-bond donors (Lipinski definition) is 0. The first-order chi connectivity index (χ1) is 13.7. The van der Waals surface area contributed by atoms with E-state index in [0.29, 0.717) is 23.5 Å². The first-order valence-electron chi connectivity index (χ1n) is 8.80. The lowest BCUT2D eigenvalue weighted by atomic mass is 10.2. The van der Waals surface area contributed by atoms with Gasteiger partial charge in [0.1, 0.15) is 10.7 Å². The molecule has 5 nitrogen and oxygen atoms in total.